The van der Waals surface area contributed by atoms with E-state index in [2.05, 4.69) is 0 Å². The molecule has 0 unspecified atom stereocenters. The standard InChI is InChI=1S/C17H25NO3/c1-5-16(21-15-8-6-12(2)7-9-15)17(19)18-10-13(3)20-14(4)11-18/h6-9,13-14,16H,5,10-11H2,1-4H3/t13-,14-,16-/m0/s1. The van der Waals surface area contributed by atoms with E-state index >= 15 is 0 Å². The van der Waals surface area contributed by atoms with Gasteiger partial charge in [-0.15, -0.1) is 0 Å². The van der Waals surface area contributed by atoms with E-state index in [1.807, 2.05) is 56.9 Å². The Morgan fingerprint density at radius 1 is 1.29 bits per heavy atom. The zero-order valence-electron chi connectivity index (χ0n) is 13.3. The highest BCUT2D eigenvalue weighted by Crippen LogP contribution is 2.18. The number of rotatable bonds is 4. The van der Waals surface area contributed by atoms with Crippen LogP contribution < -0.4 is 4.74 Å². The van der Waals surface area contributed by atoms with Gasteiger partial charge in [-0.1, -0.05) is 24.6 Å². The second-order valence-electron chi connectivity index (χ2n) is 5.83. The monoisotopic (exact) mass is 291 g/mol. The molecular formula is C17H25NO3. The summed E-state index contributed by atoms with van der Waals surface area (Å²) in [4.78, 5) is 14.5. The van der Waals surface area contributed by atoms with Gasteiger partial charge in [-0.3, -0.25) is 4.79 Å². The highest BCUT2D eigenvalue weighted by atomic mass is 16.5. The summed E-state index contributed by atoms with van der Waals surface area (Å²) in [6, 6.07) is 7.81. The molecule has 1 aromatic rings. The van der Waals surface area contributed by atoms with Crippen LogP contribution in [0.1, 0.15) is 32.8 Å². The molecule has 1 amide bonds. The first-order valence-corrected chi connectivity index (χ1v) is 7.67. The first kappa shape index (κ1) is 15.8. The van der Waals surface area contributed by atoms with Gasteiger partial charge in [-0.05, 0) is 39.3 Å². The summed E-state index contributed by atoms with van der Waals surface area (Å²) in [5, 5.41) is 0. The van der Waals surface area contributed by atoms with E-state index < -0.39 is 6.10 Å². The Kier molecular flexibility index (Phi) is 5.23. The number of hydrogen-bond donors (Lipinski definition) is 0. The molecule has 1 aliphatic rings. The quantitative estimate of drug-likeness (QED) is 0.856. The van der Waals surface area contributed by atoms with Crippen LogP contribution in [-0.2, 0) is 9.53 Å². The van der Waals surface area contributed by atoms with Gasteiger partial charge >= 0.3 is 0 Å². The summed E-state index contributed by atoms with van der Waals surface area (Å²) in [6.07, 6.45) is 0.390. The zero-order valence-corrected chi connectivity index (χ0v) is 13.3. The minimum atomic E-state index is -0.426. The van der Waals surface area contributed by atoms with Gasteiger partial charge in [0.05, 0.1) is 12.2 Å². The first-order chi connectivity index (χ1) is 9.99. The molecule has 21 heavy (non-hydrogen) atoms. The summed E-state index contributed by atoms with van der Waals surface area (Å²) < 4.78 is 11.5. The second kappa shape index (κ2) is 6.94. The molecule has 0 radical (unpaired) electrons. The lowest BCUT2D eigenvalue weighted by atomic mass is 10.1. The Morgan fingerprint density at radius 3 is 2.38 bits per heavy atom. The molecule has 2 rings (SSSR count). The molecular weight excluding hydrogens is 266 g/mol. The summed E-state index contributed by atoms with van der Waals surface area (Å²) in [6.45, 7) is 9.27. The van der Waals surface area contributed by atoms with Crippen LogP contribution in [0.5, 0.6) is 5.75 Å². The number of aryl methyl sites for hydroxylation is 1. The van der Waals surface area contributed by atoms with E-state index in [0.717, 1.165) is 5.75 Å². The van der Waals surface area contributed by atoms with Gasteiger partial charge in [-0.2, -0.15) is 0 Å². The van der Waals surface area contributed by atoms with E-state index in [-0.39, 0.29) is 18.1 Å². The molecule has 0 bridgehead atoms. The fourth-order valence-corrected chi connectivity index (χ4v) is 2.65. The van der Waals surface area contributed by atoms with Crippen molar-refractivity contribution < 1.29 is 14.3 Å². The van der Waals surface area contributed by atoms with E-state index in [0.29, 0.717) is 19.5 Å². The van der Waals surface area contributed by atoms with Crippen molar-refractivity contribution in [1.82, 2.24) is 4.90 Å². The Morgan fingerprint density at radius 2 is 1.86 bits per heavy atom. The molecule has 0 aliphatic carbocycles. The van der Waals surface area contributed by atoms with E-state index in [1.165, 1.54) is 5.56 Å². The van der Waals surface area contributed by atoms with Gasteiger partial charge in [0.1, 0.15) is 5.75 Å². The number of nitrogens with zero attached hydrogens (tertiary/aromatic N) is 1. The van der Waals surface area contributed by atoms with Crippen LogP contribution >= 0.6 is 0 Å². The Balaban J connectivity index is 2.02. The van der Waals surface area contributed by atoms with Crippen LogP contribution in [0.4, 0.5) is 0 Å². The number of hydrogen-bond acceptors (Lipinski definition) is 3. The van der Waals surface area contributed by atoms with Gasteiger partial charge < -0.3 is 14.4 Å². The third-order valence-electron chi connectivity index (χ3n) is 3.68. The van der Waals surface area contributed by atoms with Crippen molar-refractivity contribution in [2.24, 2.45) is 0 Å². The largest absolute Gasteiger partial charge is 0.481 e. The lowest BCUT2D eigenvalue weighted by Crippen LogP contribution is -2.52. The molecule has 3 atom stereocenters. The maximum absolute atomic E-state index is 12.6. The van der Waals surface area contributed by atoms with Gasteiger partial charge in [0.2, 0.25) is 0 Å². The number of morpholine rings is 1. The topological polar surface area (TPSA) is 38.8 Å². The van der Waals surface area contributed by atoms with Crippen LogP contribution in [0.2, 0.25) is 0 Å². The molecule has 1 fully saturated rings. The fourth-order valence-electron chi connectivity index (χ4n) is 2.65. The second-order valence-corrected chi connectivity index (χ2v) is 5.83. The molecule has 0 saturated carbocycles. The van der Waals surface area contributed by atoms with Crippen LogP contribution in [0.25, 0.3) is 0 Å². The lowest BCUT2D eigenvalue weighted by molar-refractivity contribution is -0.150. The van der Waals surface area contributed by atoms with Crippen LogP contribution in [0.15, 0.2) is 24.3 Å². The van der Waals surface area contributed by atoms with Crippen molar-refractivity contribution >= 4 is 5.91 Å². The summed E-state index contributed by atoms with van der Waals surface area (Å²) in [5.41, 5.74) is 1.18. The number of ether oxygens (including phenoxy) is 2. The summed E-state index contributed by atoms with van der Waals surface area (Å²) >= 11 is 0. The number of benzene rings is 1. The SMILES string of the molecule is CC[C@H](Oc1ccc(C)cc1)C(=O)N1C[C@H](C)O[C@@H](C)C1. The summed E-state index contributed by atoms with van der Waals surface area (Å²) in [5.74, 6) is 0.801. The van der Waals surface area contributed by atoms with Gasteiger partial charge in [0, 0.05) is 13.1 Å². The maximum Gasteiger partial charge on any atom is 0.263 e. The van der Waals surface area contributed by atoms with E-state index in [4.69, 9.17) is 9.47 Å². The van der Waals surface area contributed by atoms with E-state index in [9.17, 15) is 4.79 Å². The van der Waals surface area contributed by atoms with Crippen molar-refractivity contribution in [2.75, 3.05) is 13.1 Å². The Labute approximate surface area is 127 Å². The van der Waals surface area contributed by atoms with Crippen LogP contribution in [-0.4, -0.2) is 42.2 Å². The van der Waals surface area contributed by atoms with Crippen LogP contribution in [0.3, 0.4) is 0 Å². The lowest BCUT2D eigenvalue weighted by Gasteiger charge is -2.36. The molecule has 116 valence electrons. The predicted molar refractivity (Wildman–Crippen MR) is 82.5 cm³/mol. The average Bonchev–Trinajstić information content (AvgIpc) is 2.45. The van der Waals surface area contributed by atoms with Crippen molar-refractivity contribution in [2.45, 2.75) is 52.4 Å². The molecule has 1 aliphatic heterocycles. The molecule has 0 N–H and O–H groups in total. The van der Waals surface area contributed by atoms with Crippen LogP contribution in [0, 0.1) is 6.92 Å². The number of carbonyl (C=O) groups is 1. The number of carbonyl (C=O) groups excluding carboxylic acids is 1. The highest BCUT2D eigenvalue weighted by molar-refractivity contribution is 5.81. The van der Waals surface area contributed by atoms with Gasteiger partial charge in [-0.25, -0.2) is 0 Å². The minimum absolute atomic E-state index is 0.0556. The average molecular weight is 291 g/mol. The smallest absolute Gasteiger partial charge is 0.263 e. The minimum Gasteiger partial charge on any atom is -0.481 e. The fraction of sp³-hybridized carbons (Fsp3) is 0.588. The van der Waals surface area contributed by atoms with Gasteiger partial charge in [0.15, 0.2) is 6.10 Å². The molecule has 1 aromatic carbocycles. The molecule has 1 heterocycles. The summed E-state index contributed by atoms with van der Waals surface area (Å²) in [7, 11) is 0. The normalized spacial score (nSPS) is 23.7. The van der Waals surface area contributed by atoms with Crippen molar-refractivity contribution in [1.29, 1.82) is 0 Å². The third kappa shape index (κ3) is 4.21. The van der Waals surface area contributed by atoms with Gasteiger partial charge in [0.25, 0.3) is 5.91 Å². The molecule has 4 nitrogen and oxygen atoms in total. The zero-order chi connectivity index (χ0) is 15.4. The van der Waals surface area contributed by atoms with Crippen molar-refractivity contribution in [3.05, 3.63) is 29.8 Å². The Bertz CT molecular complexity index is 461. The molecule has 1 saturated heterocycles. The molecule has 4 heteroatoms. The maximum atomic E-state index is 12.6. The Hall–Kier alpha value is -1.55. The highest BCUT2D eigenvalue weighted by Gasteiger charge is 2.30. The van der Waals surface area contributed by atoms with Crippen molar-refractivity contribution in [3.63, 3.8) is 0 Å². The van der Waals surface area contributed by atoms with E-state index in [1.54, 1.807) is 0 Å². The third-order valence-corrected chi connectivity index (χ3v) is 3.68. The predicted octanol–water partition coefficient (Wildman–Crippen LogP) is 2.79. The molecule has 0 spiro atoms. The number of amides is 1. The first-order valence-electron chi connectivity index (χ1n) is 7.67. The van der Waals surface area contributed by atoms with Crippen molar-refractivity contribution in [3.8, 4) is 5.75 Å². The molecule has 0 aromatic heterocycles.